The SMILES string of the molecule is CN(C)C(=O)/C(C#N)=C\c1cc(Br)c(OCC(=O)O)c(I)c1. The first-order valence-electron chi connectivity index (χ1n) is 5.93. The second-order valence-electron chi connectivity index (χ2n) is 4.37. The number of nitriles is 1. The van der Waals surface area contributed by atoms with Crippen LogP contribution < -0.4 is 4.74 Å². The molecular formula is C14H12BrIN2O4. The van der Waals surface area contributed by atoms with E-state index in [0.29, 0.717) is 19.4 Å². The van der Waals surface area contributed by atoms with E-state index < -0.39 is 12.6 Å². The molecular weight excluding hydrogens is 467 g/mol. The van der Waals surface area contributed by atoms with E-state index in [0.717, 1.165) is 0 Å². The molecule has 0 radical (unpaired) electrons. The lowest BCUT2D eigenvalue weighted by atomic mass is 10.1. The lowest BCUT2D eigenvalue weighted by Gasteiger charge is -2.11. The van der Waals surface area contributed by atoms with Crippen molar-refractivity contribution in [3.8, 4) is 11.8 Å². The van der Waals surface area contributed by atoms with E-state index in [1.807, 2.05) is 28.7 Å². The molecule has 1 N–H and O–H groups in total. The summed E-state index contributed by atoms with van der Waals surface area (Å²) in [6.45, 7) is -0.452. The molecule has 0 fully saturated rings. The highest BCUT2D eigenvalue weighted by molar-refractivity contribution is 14.1. The number of rotatable bonds is 5. The number of benzene rings is 1. The quantitative estimate of drug-likeness (QED) is 0.399. The van der Waals surface area contributed by atoms with Gasteiger partial charge in [-0.1, -0.05) is 0 Å². The molecule has 116 valence electrons. The average Bonchev–Trinajstić information content (AvgIpc) is 2.42. The van der Waals surface area contributed by atoms with Crippen LogP contribution in [-0.4, -0.2) is 42.6 Å². The Kier molecular flexibility index (Phi) is 6.83. The Balaban J connectivity index is 3.16. The zero-order valence-electron chi connectivity index (χ0n) is 11.8. The smallest absolute Gasteiger partial charge is 0.341 e. The maximum Gasteiger partial charge on any atom is 0.341 e. The predicted molar refractivity (Wildman–Crippen MR) is 92.3 cm³/mol. The summed E-state index contributed by atoms with van der Waals surface area (Å²) in [5.41, 5.74) is 0.637. The molecule has 0 aliphatic heterocycles. The number of likely N-dealkylation sites (N-methyl/N-ethyl adjacent to an activating group) is 1. The Bertz CT molecular complexity index is 657. The first-order chi connectivity index (χ1) is 10.3. The number of hydrogen-bond acceptors (Lipinski definition) is 4. The zero-order chi connectivity index (χ0) is 16.9. The number of amides is 1. The van der Waals surface area contributed by atoms with E-state index in [1.165, 1.54) is 11.0 Å². The van der Waals surface area contributed by atoms with Crippen LogP contribution in [0.15, 0.2) is 22.2 Å². The number of carboxylic acid groups (broad SMARTS) is 1. The molecule has 0 bridgehead atoms. The van der Waals surface area contributed by atoms with Crippen molar-refractivity contribution >= 4 is 56.5 Å². The number of nitrogens with zero attached hydrogens (tertiary/aromatic N) is 2. The number of carboxylic acids is 1. The van der Waals surface area contributed by atoms with Crippen LogP contribution in [0.2, 0.25) is 0 Å². The number of carbonyl (C=O) groups excluding carboxylic acids is 1. The molecule has 8 heteroatoms. The standard InChI is InChI=1S/C14H12BrIN2O4/c1-18(2)14(21)9(6-17)3-8-4-10(15)13(11(16)5-8)22-7-12(19)20/h3-5H,7H2,1-2H3,(H,19,20)/b9-3-. The summed E-state index contributed by atoms with van der Waals surface area (Å²) in [7, 11) is 3.13. The molecule has 0 unspecified atom stereocenters. The molecule has 0 atom stereocenters. The first kappa shape index (κ1) is 18.4. The third-order valence-corrected chi connectivity index (χ3v) is 3.82. The summed E-state index contributed by atoms with van der Waals surface area (Å²) >= 11 is 5.29. The van der Waals surface area contributed by atoms with Crippen LogP contribution in [0.4, 0.5) is 0 Å². The third kappa shape index (κ3) is 4.99. The molecule has 6 nitrogen and oxygen atoms in total. The fraction of sp³-hybridized carbons (Fsp3) is 0.214. The van der Waals surface area contributed by atoms with Crippen molar-refractivity contribution in [2.24, 2.45) is 0 Å². The van der Waals surface area contributed by atoms with Crippen molar-refractivity contribution in [1.82, 2.24) is 4.90 Å². The van der Waals surface area contributed by atoms with Gasteiger partial charge in [0.05, 0.1) is 8.04 Å². The van der Waals surface area contributed by atoms with Crippen molar-refractivity contribution < 1.29 is 19.4 Å². The summed E-state index contributed by atoms with van der Waals surface area (Å²) in [6, 6.07) is 5.22. The van der Waals surface area contributed by atoms with Crippen molar-refractivity contribution in [2.45, 2.75) is 0 Å². The maximum atomic E-state index is 11.8. The molecule has 1 aromatic carbocycles. The summed E-state index contributed by atoms with van der Waals surface area (Å²) < 4.78 is 6.39. The molecule has 1 rings (SSSR count). The summed E-state index contributed by atoms with van der Waals surface area (Å²) in [5, 5.41) is 17.7. The Morgan fingerprint density at radius 2 is 2.14 bits per heavy atom. The van der Waals surface area contributed by atoms with E-state index in [-0.39, 0.29) is 11.5 Å². The molecule has 1 aromatic rings. The van der Waals surface area contributed by atoms with E-state index >= 15 is 0 Å². The molecule has 0 spiro atoms. The molecule has 0 aliphatic carbocycles. The van der Waals surface area contributed by atoms with Crippen LogP contribution in [0.25, 0.3) is 6.08 Å². The van der Waals surface area contributed by atoms with E-state index in [2.05, 4.69) is 15.9 Å². The Morgan fingerprint density at radius 1 is 1.50 bits per heavy atom. The van der Waals surface area contributed by atoms with Gasteiger partial charge in [-0.15, -0.1) is 0 Å². The van der Waals surface area contributed by atoms with Crippen LogP contribution in [-0.2, 0) is 9.59 Å². The molecule has 0 aliphatic rings. The maximum absolute atomic E-state index is 11.8. The highest BCUT2D eigenvalue weighted by Gasteiger charge is 2.14. The minimum absolute atomic E-state index is 0.00639. The molecule has 0 saturated heterocycles. The second kappa shape index (κ2) is 8.14. The van der Waals surface area contributed by atoms with Gasteiger partial charge in [-0.25, -0.2) is 4.79 Å². The zero-order valence-corrected chi connectivity index (χ0v) is 15.5. The lowest BCUT2D eigenvalue weighted by molar-refractivity contribution is -0.139. The van der Waals surface area contributed by atoms with E-state index in [1.54, 1.807) is 26.2 Å². The van der Waals surface area contributed by atoms with Crippen molar-refractivity contribution in [3.63, 3.8) is 0 Å². The fourth-order valence-electron chi connectivity index (χ4n) is 1.48. The van der Waals surface area contributed by atoms with Gasteiger partial charge in [-0.3, -0.25) is 4.79 Å². The monoisotopic (exact) mass is 478 g/mol. The number of halogens is 2. The summed E-state index contributed by atoms with van der Waals surface area (Å²) in [5.74, 6) is -1.06. The molecule has 0 aromatic heterocycles. The van der Waals surface area contributed by atoms with Crippen molar-refractivity contribution in [3.05, 3.63) is 31.3 Å². The number of ether oxygens (including phenoxy) is 1. The van der Waals surface area contributed by atoms with Crippen molar-refractivity contribution in [2.75, 3.05) is 20.7 Å². The largest absolute Gasteiger partial charge is 0.480 e. The first-order valence-corrected chi connectivity index (χ1v) is 7.80. The van der Waals surface area contributed by atoms with Crippen molar-refractivity contribution in [1.29, 1.82) is 5.26 Å². The van der Waals surface area contributed by atoms with E-state index in [9.17, 15) is 9.59 Å². The Morgan fingerprint density at radius 3 is 2.59 bits per heavy atom. The minimum Gasteiger partial charge on any atom is -0.480 e. The van der Waals surface area contributed by atoms with Gasteiger partial charge in [0.2, 0.25) is 0 Å². The van der Waals surface area contributed by atoms with E-state index in [4.69, 9.17) is 15.1 Å². The van der Waals surface area contributed by atoms with Gasteiger partial charge >= 0.3 is 5.97 Å². The van der Waals surface area contributed by atoms with Gasteiger partial charge < -0.3 is 14.7 Å². The van der Waals surface area contributed by atoms with Gasteiger partial charge in [-0.2, -0.15) is 5.26 Å². The van der Waals surface area contributed by atoms with Crippen LogP contribution in [0.3, 0.4) is 0 Å². The van der Waals surface area contributed by atoms with Crippen LogP contribution in [0, 0.1) is 14.9 Å². The summed E-state index contributed by atoms with van der Waals surface area (Å²) in [6.07, 6.45) is 1.47. The summed E-state index contributed by atoms with van der Waals surface area (Å²) in [4.78, 5) is 23.7. The molecule has 22 heavy (non-hydrogen) atoms. The number of carbonyl (C=O) groups is 2. The van der Waals surface area contributed by atoms with Gasteiger partial charge in [0.15, 0.2) is 6.61 Å². The highest BCUT2D eigenvalue weighted by Crippen LogP contribution is 2.32. The normalized spacial score (nSPS) is 10.8. The van der Waals surface area contributed by atoms with Gasteiger partial charge in [0, 0.05) is 14.1 Å². The molecule has 0 heterocycles. The van der Waals surface area contributed by atoms with Crippen LogP contribution in [0.5, 0.6) is 5.75 Å². The number of aliphatic carboxylic acids is 1. The fourth-order valence-corrected chi connectivity index (χ4v) is 3.25. The Hall–Kier alpha value is -1.60. The van der Waals surface area contributed by atoms with Gasteiger partial charge in [0.1, 0.15) is 17.4 Å². The topological polar surface area (TPSA) is 90.6 Å². The van der Waals surface area contributed by atoms with Gasteiger partial charge in [0.25, 0.3) is 5.91 Å². The Labute approximate surface area is 149 Å². The van der Waals surface area contributed by atoms with Crippen LogP contribution in [0.1, 0.15) is 5.56 Å². The number of hydrogen-bond donors (Lipinski definition) is 1. The average molecular weight is 479 g/mol. The molecule has 0 saturated carbocycles. The lowest BCUT2D eigenvalue weighted by Crippen LogP contribution is -2.22. The van der Waals surface area contributed by atoms with Gasteiger partial charge in [-0.05, 0) is 62.3 Å². The predicted octanol–water partition coefficient (Wildman–Crippen LogP) is 2.51. The third-order valence-electron chi connectivity index (χ3n) is 2.43. The second-order valence-corrected chi connectivity index (χ2v) is 6.38. The molecule has 1 amide bonds. The highest BCUT2D eigenvalue weighted by atomic mass is 127. The minimum atomic E-state index is -1.07. The van der Waals surface area contributed by atoms with Crippen LogP contribution >= 0.6 is 38.5 Å².